The van der Waals surface area contributed by atoms with E-state index in [1.54, 1.807) is 0 Å². The van der Waals surface area contributed by atoms with Crippen LogP contribution in [0.4, 0.5) is 5.82 Å². The van der Waals surface area contributed by atoms with Gasteiger partial charge in [0.25, 0.3) is 0 Å². The van der Waals surface area contributed by atoms with Crippen LogP contribution in [0.3, 0.4) is 0 Å². The maximum atomic E-state index is 12.9. The Labute approximate surface area is 175 Å². The standard InChI is InChI=1S/C22H26ClN5O/c1-14(2)24-21-17-9-10-18(25-22(17)27-26-21)19-7-4-12-28(19)20(29)11-8-15-5-3-6-16(23)13-15/h3,5-6,9-10,13-14,19H,4,7-8,11-12H2,1-2H3,(H2,24,25,26,27). The van der Waals surface area contributed by atoms with Crippen molar-refractivity contribution in [3.8, 4) is 0 Å². The summed E-state index contributed by atoms with van der Waals surface area (Å²) in [6.07, 6.45) is 3.11. The third kappa shape index (κ3) is 4.37. The van der Waals surface area contributed by atoms with Crippen molar-refractivity contribution in [3.05, 3.63) is 52.7 Å². The number of H-pyrrole nitrogens is 1. The summed E-state index contributed by atoms with van der Waals surface area (Å²) >= 11 is 6.05. The second-order valence-corrected chi connectivity index (χ2v) is 8.32. The van der Waals surface area contributed by atoms with Gasteiger partial charge in [-0.15, -0.1) is 0 Å². The van der Waals surface area contributed by atoms with Crippen molar-refractivity contribution in [2.75, 3.05) is 11.9 Å². The predicted octanol–water partition coefficient (Wildman–Crippen LogP) is 4.73. The molecule has 1 amide bonds. The van der Waals surface area contributed by atoms with Crippen LogP contribution in [0.1, 0.15) is 50.4 Å². The van der Waals surface area contributed by atoms with Crippen LogP contribution < -0.4 is 5.32 Å². The number of anilines is 1. The second-order valence-electron chi connectivity index (χ2n) is 7.88. The highest BCUT2D eigenvalue weighted by atomic mass is 35.5. The molecule has 1 unspecified atom stereocenters. The molecule has 6 nitrogen and oxygen atoms in total. The Morgan fingerprint density at radius 2 is 2.21 bits per heavy atom. The summed E-state index contributed by atoms with van der Waals surface area (Å²) in [6, 6.07) is 12.1. The number of nitrogens with zero attached hydrogens (tertiary/aromatic N) is 3. The smallest absolute Gasteiger partial charge is 0.223 e. The molecule has 1 aliphatic heterocycles. The molecule has 29 heavy (non-hydrogen) atoms. The number of carbonyl (C=O) groups excluding carboxylic acids is 1. The molecule has 2 N–H and O–H groups in total. The number of benzene rings is 1. The maximum absolute atomic E-state index is 12.9. The van der Waals surface area contributed by atoms with E-state index in [2.05, 4.69) is 29.4 Å². The number of fused-ring (bicyclic) bond motifs is 1. The number of rotatable bonds is 6. The number of amides is 1. The number of likely N-dealkylation sites (tertiary alicyclic amines) is 1. The summed E-state index contributed by atoms with van der Waals surface area (Å²) in [4.78, 5) is 19.7. The number of aryl methyl sites for hydroxylation is 1. The number of hydrogen-bond acceptors (Lipinski definition) is 4. The molecule has 3 aromatic rings. The molecule has 3 heterocycles. The lowest BCUT2D eigenvalue weighted by Crippen LogP contribution is -2.31. The number of pyridine rings is 1. The van der Waals surface area contributed by atoms with E-state index < -0.39 is 0 Å². The zero-order chi connectivity index (χ0) is 20.4. The van der Waals surface area contributed by atoms with Gasteiger partial charge in [0, 0.05) is 24.0 Å². The van der Waals surface area contributed by atoms with Crippen LogP contribution in [0.25, 0.3) is 11.0 Å². The molecule has 7 heteroatoms. The van der Waals surface area contributed by atoms with Gasteiger partial charge < -0.3 is 10.2 Å². The van der Waals surface area contributed by atoms with Crippen molar-refractivity contribution >= 4 is 34.4 Å². The third-order valence-electron chi connectivity index (χ3n) is 5.30. The first kappa shape index (κ1) is 19.7. The van der Waals surface area contributed by atoms with E-state index in [1.807, 2.05) is 41.3 Å². The lowest BCUT2D eigenvalue weighted by atomic mass is 10.1. The van der Waals surface area contributed by atoms with E-state index >= 15 is 0 Å². The van der Waals surface area contributed by atoms with Gasteiger partial charge in [-0.05, 0) is 62.9 Å². The minimum atomic E-state index is 0.0241. The van der Waals surface area contributed by atoms with Crippen molar-refractivity contribution in [2.45, 2.75) is 51.6 Å². The first-order valence-corrected chi connectivity index (χ1v) is 10.5. The zero-order valence-corrected chi connectivity index (χ0v) is 17.5. The van der Waals surface area contributed by atoms with Crippen molar-refractivity contribution < 1.29 is 4.79 Å². The molecule has 0 spiro atoms. The van der Waals surface area contributed by atoms with Crippen molar-refractivity contribution in [2.24, 2.45) is 0 Å². The summed E-state index contributed by atoms with van der Waals surface area (Å²) in [7, 11) is 0. The summed E-state index contributed by atoms with van der Waals surface area (Å²) in [6.45, 7) is 4.93. The molecule has 4 rings (SSSR count). The Morgan fingerprint density at radius 3 is 3.00 bits per heavy atom. The lowest BCUT2D eigenvalue weighted by Gasteiger charge is -2.24. The minimum Gasteiger partial charge on any atom is -0.366 e. The highest BCUT2D eigenvalue weighted by Crippen LogP contribution is 2.33. The molecular formula is C22H26ClN5O. The predicted molar refractivity (Wildman–Crippen MR) is 116 cm³/mol. The van der Waals surface area contributed by atoms with Gasteiger partial charge >= 0.3 is 0 Å². The largest absolute Gasteiger partial charge is 0.366 e. The quantitative estimate of drug-likeness (QED) is 0.615. The fourth-order valence-corrected chi connectivity index (χ4v) is 4.16. The van der Waals surface area contributed by atoms with Gasteiger partial charge in [-0.25, -0.2) is 4.98 Å². The van der Waals surface area contributed by atoms with Gasteiger partial charge in [0.15, 0.2) is 11.5 Å². The topological polar surface area (TPSA) is 73.9 Å². The third-order valence-corrected chi connectivity index (χ3v) is 5.54. The van der Waals surface area contributed by atoms with E-state index in [-0.39, 0.29) is 11.9 Å². The van der Waals surface area contributed by atoms with Gasteiger partial charge in [0.05, 0.1) is 17.1 Å². The number of aromatic amines is 1. The van der Waals surface area contributed by atoms with Gasteiger partial charge in [-0.1, -0.05) is 23.7 Å². The fraction of sp³-hybridized carbons (Fsp3) is 0.409. The monoisotopic (exact) mass is 411 g/mol. The van der Waals surface area contributed by atoms with Gasteiger partial charge in [0.2, 0.25) is 5.91 Å². The molecule has 0 aliphatic carbocycles. The Bertz CT molecular complexity index is 1020. The van der Waals surface area contributed by atoms with Gasteiger partial charge in [0.1, 0.15) is 0 Å². The summed E-state index contributed by atoms with van der Waals surface area (Å²) in [5.41, 5.74) is 2.76. The fourth-order valence-electron chi connectivity index (χ4n) is 3.95. The number of aromatic nitrogens is 3. The van der Waals surface area contributed by atoms with Crippen LogP contribution in [0, 0.1) is 0 Å². The van der Waals surface area contributed by atoms with E-state index in [4.69, 9.17) is 16.6 Å². The Balaban J connectivity index is 1.48. The second kappa shape index (κ2) is 8.41. The van der Waals surface area contributed by atoms with Crippen LogP contribution in [-0.4, -0.2) is 38.6 Å². The highest BCUT2D eigenvalue weighted by Gasteiger charge is 2.31. The van der Waals surface area contributed by atoms with Crippen LogP contribution in [0.5, 0.6) is 0 Å². The first-order valence-electron chi connectivity index (χ1n) is 10.2. The van der Waals surface area contributed by atoms with Crippen molar-refractivity contribution in [1.29, 1.82) is 0 Å². The summed E-state index contributed by atoms with van der Waals surface area (Å²) in [5, 5.41) is 12.4. The molecule has 1 aromatic carbocycles. The molecule has 1 aliphatic rings. The summed E-state index contributed by atoms with van der Waals surface area (Å²) < 4.78 is 0. The molecule has 0 bridgehead atoms. The van der Waals surface area contributed by atoms with E-state index in [1.165, 1.54) is 0 Å². The molecule has 1 fully saturated rings. The zero-order valence-electron chi connectivity index (χ0n) is 16.8. The molecule has 2 aromatic heterocycles. The Hall–Kier alpha value is -2.60. The first-order chi connectivity index (χ1) is 14.0. The molecular weight excluding hydrogens is 386 g/mol. The molecule has 1 atom stereocenters. The molecule has 0 saturated carbocycles. The normalized spacial score (nSPS) is 16.7. The minimum absolute atomic E-state index is 0.0241. The van der Waals surface area contributed by atoms with Crippen LogP contribution >= 0.6 is 11.6 Å². The molecule has 152 valence electrons. The van der Waals surface area contributed by atoms with E-state index in [0.717, 1.165) is 47.5 Å². The van der Waals surface area contributed by atoms with Gasteiger partial charge in [-0.2, -0.15) is 5.10 Å². The molecule has 1 saturated heterocycles. The van der Waals surface area contributed by atoms with Crippen molar-refractivity contribution in [1.82, 2.24) is 20.1 Å². The number of carbonyl (C=O) groups is 1. The average Bonchev–Trinajstić information content (AvgIpc) is 3.33. The number of halogens is 1. The van der Waals surface area contributed by atoms with Crippen LogP contribution in [-0.2, 0) is 11.2 Å². The van der Waals surface area contributed by atoms with Crippen LogP contribution in [0.15, 0.2) is 36.4 Å². The SMILES string of the molecule is CC(C)Nc1n[nH]c2nc(C3CCCN3C(=O)CCc3cccc(Cl)c3)ccc12. The van der Waals surface area contributed by atoms with Gasteiger partial charge in [-0.3, -0.25) is 9.89 Å². The maximum Gasteiger partial charge on any atom is 0.223 e. The lowest BCUT2D eigenvalue weighted by molar-refractivity contribution is -0.132. The number of nitrogens with one attached hydrogen (secondary N) is 2. The van der Waals surface area contributed by atoms with Crippen LogP contribution in [0.2, 0.25) is 5.02 Å². The number of hydrogen-bond donors (Lipinski definition) is 2. The Morgan fingerprint density at radius 1 is 1.34 bits per heavy atom. The highest BCUT2D eigenvalue weighted by molar-refractivity contribution is 6.30. The van der Waals surface area contributed by atoms with E-state index in [0.29, 0.717) is 23.9 Å². The Kier molecular flexibility index (Phi) is 5.72. The van der Waals surface area contributed by atoms with Crippen molar-refractivity contribution in [3.63, 3.8) is 0 Å². The van der Waals surface area contributed by atoms with E-state index in [9.17, 15) is 4.79 Å². The molecule has 0 radical (unpaired) electrons. The summed E-state index contributed by atoms with van der Waals surface area (Å²) in [5.74, 6) is 0.982. The average molecular weight is 412 g/mol.